The number of rotatable bonds is 4. The first-order valence-corrected chi connectivity index (χ1v) is 7.29. The third-order valence-electron chi connectivity index (χ3n) is 3.95. The zero-order valence-electron chi connectivity index (χ0n) is 13.2. The molecule has 0 saturated heterocycles. The van der Waals surface area contributed by atoms with Gasteiger partial charge in [0.05, 0.1) is 23.3 Å². The van der Waals surface area contributed by atoms with Crippen LogP contribution in [0.5, 0.6) is 0 Å². The highest BCUT2D eigenvalue weighted by molar-refractivity contribution is 6.26. The van der Waals surface area contributed by atoms with Crippen LogP contribution in [0.15, 0.2) is 48.0 Å². The molecule has 0 atom stereocenters. The fraction of sp³-hybridized carbons (Fsp3) is 0.118. The van der Waals surface area contributed by atoms with Crippen LogP contribution < -0.4 is 5.73 Å². The van der Waals surface area contributed by atoms with Crippen molar-refractivity contribution >= 4 is 17.3 Å². The van der Waals surface area contributed by atoms with E-state index in [-0.39, 0.29) is 40.4 Å². The molecule has 1 aromatic carbocycles. The Kier molecular flexibility index (Phi) is 4.02. The number of allylic oxidation sites excluding steroid dienone is 2. The van der Waals surface area contributed by atoms with Crippen LogP contribution >= 0.6 is 0 Å². The van der Waals surface area contributed by atoms with Crippen LogP contribution in [0, 0.1) is 10.1 Å². The Balaban J connectivity index is 2.13. The Bertz CT molecular complexity index is 949. The predicted octanol–water partition coefficient (Wildman–Crippen LogP) is 1.78. The van der Waals surface area contributed by atoms with Gasteiger partial charge < -0.3 is 10.5 Å². The van der Waals surface area contributed by atoms with Gasteiger partial charge >= 0.3 is 0 Å². The van der Waals surface area contributed by atoms with Crippen molar-refractivity contribution in [2.24, 2.45) is 5.73 Å². The molecule has 2 N–H and O–H groups in total. The number of benzene rings is 1. The maximum Gasteiger partial charge on any atom is 0.272 e. The molecule has 0 fully saturated rings. The Morgan fingerprint density at radius 1 is 1.20 bits per heavy atom. The van der Waals surface area contributed by atoms with Gasteiger partial charge in [0.15, 0.2) is 5.76 Å². The SMILES string of the molecule is COC1=C(N)C(=O)c2c(ccnc2Cc2ccccc2[N+](=O)[O-])C1=O. The van der Waals surface area contributed by atoms with Crippen LogP contribution in [-0.2, 0) is 11.2 Å². The van der Waals surface area contributed by atoms with E-state index in [1.165, 1.54) is 25.4 Å². The van der Waals surface area contributed by atoms with Crippen LogP contribution in [-0.4, -0.2) is 28.6 Å². The number of hydrogen-bond donors (Lipinski definition) is 1. The molecule has 8 nitrogen and oxygen atoms in total. The summed E-state index contributed by atoms with van der Waals surface area (Å²) >= 11 is 0. The van der Waals surface area contributed by atoms with Crippen LogP contribution in [0.2, 0.25) is 0 Å². The molecule has 0 aliphatic heterocycles. The van der Waals surface area contributed by atoms with E-state index in [1.807, 2.05) is 0 Å². The number of pyridine rings is 1. The normalized spacial score (nSPS) is 13.6. The molecule has 1 aliphatic rings. The molecule has 25 heavy (non-hydrogen) atoms. The minimum Gasteiger partial charge on any atom is -0.491 e. The summed E-state index contributed by atoms with van der Waals surface area (Å²) < 4.78 is 4.93. The zero-order chi connectivity index (χ0) is 18.1. The van der Waals surface area contributed by atoms with Crippen LogP contribution in [0.1, 0.15) is 32.0 Å². The first kappa shape index (κ1) is 16.3. The van der Waals surface area contributed by atoms with Crippen LogP contribution in [0.3, 0.4) is 0 Å². The highest BCUT2D eigenvalue weighted by Crippen LogP contribution is 2.29. The highest BCUT2D eigenvalue weighted by atomic mass is 16.6. The maximum atomic E-state index is 12.6. The van der Waals surface area contributed by atoms with Gasteiger partial charge in [-0.25, -0.2) is 0 Å². The number of Topliss-reactive ketones (excluding diaryl/α,β-unsaturated/α-hetero) is 2. The topological polar surface area (TPSA) is 125 Å². The second-order valence-corrected chi connectivity index (χ2v) is 5.35. The number of hydrogen-bond acceptors (Lipinski definition) is 7. The molecule has 0 radical (unpaired) electrons. The summed E-state index contributed by atoms with van der Waals surface area (Å²) in [6, 6.07) is 7.56. The molecule has 0 bridgehead atoms. The number of para-hydroxylation sites is 1. The number of ether oxygens (including phenoxy) is 1. The van der Waals surface area contributed by atoms with Crippen molar-refractivity contribution in [3.05, 3.63) is 80.5 Å². The van der Waals surface area contributed by atoms with Crippen molar-refractivity contribution in [2.45, 2.75) is 6.42 Å². The Hall–Kier alpha value is -3.55. The number of fused-ring (bicyclic) bond motifs is 1. The number of nitro groups is 1. The van der Waals surface area contributed by atoms with Gasteiger partial charge in [0, 0.05) is 29.8 Å². The van der Waals surface area contributed by atoms with E-state index in [1.54, 1.807) is 18.2 Å². The van der Waals surface area contributed by atoms with E-state index in [2.05, 4.69) is 4.98 Å². The van der Waals surface area contributed by atoms with Crippen molar-refractivity contribution in [1.29, 1.82) is 0 Å². The molecule has 3 rings (SSSR count). The number of carbonyl (C=O) groups excluding carboxylic acids is 2. The van der Waals surface area contributed by atoms with Gasteiger partial charge in [-0.2, -0.15) is 0 Å². The lowest BCUT2D eigenvalue weighted by Crippen LogP contribution is -2.29. The van der Waals surface area contributed by atoms with Gasteiger partial charge in [0.1, 0.15) is 5.70 Å². The van der Waals surface area contributed by atoms with E-state index < -0.39 is 16.5 Å². The van der Waals surface area contributed by atoms with Gasteiger partial charge in [-0.15, -0.1) is 0 Å². The van der Waals surface area contributed by atoms with E-state index in [0.717, 1.165) is 0 Å². The molecule has 0 saturated carbocycles. The van der Waals surface area contributed by atoms with Crippen molar-refractivity contribution < 1.29 is 19.2 Å². The number of methoxy groups -OCH3 is 1. The fourth-order valence-electron chi connectivity index (χ4n) is 2.79. The summed E-state index contributed by atoms with van der Waals surface area (Å²) in [5.41, 5.74) is 6.17. The lowest BCUT2D eigenvalue weighted by molar-refractivity contribution is -0.385. The summed E-state index contributed by atoms with van der Waals surface area (Å²) in [7, 11) is 1.26. The minimum atomic E-state index is -0.576. The summed E-state index contributed by atoms with van der Waals surface area (Å²) in [5.74, 6) is -1.30. The maximum absolute atomic E-state index is 12.6. The average Bonchev–Trinajstić information content (AvgIpc) is 2.60. The first-order chi connectivity index (χ1) is 12.0. The van der Waals surface area contributed by atoms with E-state index in [0.29, 0.717) is 5.56 Å². The second-order valence-electron chi connectivity index (χ2n) is 5.35. The fourth-order valence-corrected chi connectivity index (χ4v) is 2.79. The molecule has 1 aliphatic carbocycles. The molecule has 0 amide bonds. The standard InChI is InChI=1S/C17H13N3O5/c1-25-17-14(18)16(22)13-10(15(17)21)6-7-19-11(13)8-9-4-2-3-5-12(9)20(23)24/h2-7H,8,18H2,1H3. The zero-order valence-corrected chi connectivity index (χ0v) is 13.2. The number of nitrogens with two attached hydrogens (primary N) is 1. The van der Waals surface area contributed by atoms with Crippen LogP contribution in [0.4, 0.5) is 5.69 Å². The minimum absolute atomic E-state index is 0.0228. The Morgan fingerprint density at radius 3 is 2.60 bits per heavy atom. The summed E-state index contributed by atoms with van der Waals surface area (Å²) in [6.07, 6.45) is 1.40. The highest BCUT2D eigenvalue weighted by Gasteiger charge is 2.34. The van der Waals surface area contributed by atoms with E-state index in [4.69, 9.17) is 10.5 Å². The Labute approximate surface area is 142 Å². The van der Waals surface area contributed by atoms with Crippen molar-refractivity contribution in [1.82, 2.24) is 4.98 Å². The number of aromatic nitrogens is 1. The third kappa shape index (κ3) is 2.63. The van der Waals surface area contributed by atoms with E-state index in [9.17, 15) is 19.7 Å². The van der Waals surface area contributed by atoms with Gasteiger partial charge in [-0.3, -0.25) is 24.7 Å². The van der Waals surface area contributed by atoms with Gasteiger partial charge in [0.2, 0.25) is 11.6 Å². The average molecular weight is 339 g/mol. The second kappa shape index (κ2) is 6.16. The monoisotopic (exact) mass is 339 g/mol. The summed E-state index contributed by atoms with van der Waals surface area (Å²) in [5, 5.41) is 11.2. The van der Waals surface area contributed by atoms with Gasteiger partial charge in [-0.1, -0.05) is 18.2 Å². The summed E-state index contributed by atoms with van der Waals surface area (Å²) in [4.78, 5) is 39.8. The molecular formula is C17H13N3O5. The summed E-state index contributed by atoms with van der Waals surface area (Å²) in [6.45, 7) is 0. The van der Waals surface area contributed by atoms with Crippen LogP contribution in [0.25, 0.3) is 0 Å². The van der Waals surface area contributed by atoms with E-state index >= 15 is 0 Å². The number of ketones is 2. The number of carbonyl (C=O) groups is 2. The number of nitro benzene ring substituents is 1. The third-order valence-corrected chi connectivity index (χ3v) is 3.95. The predicted molar refractivity (Wildman–Crippen MR) is 87.0 cm³/mol. The van der Waals surface area contributed by atoms with Gasteiger partial charge in [0.25, 0.3) is 5.69 Å². The lowest BCUT2D eigenvalue weighted by Gasteiger charge is -2.19. The van der Waals surface area contributed by atoms with Crippen molar-refractivity contribution in [3.8, 4) is 0 Å². The lowest BCUT2D eigenvalue weighted by atomic mass is 9.89. The quantitative estimate of drug-likeness (QED) is 0.664. The van der Waals surface area contributed by atoms with Gasteiger partial charge in [-0.05, 0) is 6.07 Å². The first-order valence-electron chi connectivity index (χ1n) is 7.29. The van der Waals surface area contributed by atoms with Crippen molar-refractivity contribution in [2.75, 3.05) is 7.11 Å². The molecule has 1 aromatic heterocycles. The number of nitrogens with zero attached hydrogens (tertiary/aromatic N) is 2. The largest absolute Gasteiger partial charge is 0.491 e. The van der Waals surface area contributed by atoms with Crippen molar-refractivity contribution in [3.63, 3.8) is 0 Å². The smallest absolute Gasteiger partial charge is 0.272 e. The Morgan fingerprint density at radius 2 is 1.92 bits per heavy atom. The molecule has 8 heteroatoms. The molecule has 1 heterocycles. The molecular weight excluding hydrogens is 326 g/mol. The molecule has 0 unspecified atom stereocenters. The molecule has 126 valence electrons. The molecule has 0 spiro atoms. The molecule has 2 aromatic rings.